The molecule has 5 heteroatoms. The maximum Gasteiger partial charge on any atom is 0.260 e. The molecular weight excluding hydrogens is 244 g/mol. The van der Waals surface area contributed by atoms with E-state index in [0.717, 1.165) is 5.56 Å². The van der Waals surface area contributed by atoms with E-state index < -0.39 is 0 Å². The highest BCUT2D eigenvalue weighted by Crippen LogP contribution is 2.29. The molecule has 0 spiro atoms. The van der Waals surface area contributed by atoms with Crippen LogP contribution in [-0.4, -0.2) is 38.1 Å². The summed E-state index contributed by atoms with van der Waals surface area (Å²) in [5, 5.41) is 0. The lowest BCUT2D eigenvalue weighted by atomic mass is 10.1. The summed E-state index contributed by atoms with van der Waals surface area (Å²) >= 11 is 0. The summed E-state index contributed by atoms with van der Waals surface area (Å²) in [7, 11) is 3.30. The highest BCUT2D eigenvalue weighted by molar-refractivity contribution is 5.77. The molecule has 0 fully saturated rings. The summed E-state index contributed by atoms with van der Waals surface area (Å²) < 4.78 is 10.7. The molecule has 5 nitrogen and oxygen atoms in total. The molecule has 19 heavy (non-hydrogen) atoms. The topological polar surface area (TPSA) is 64.8 Å². The standard InChI is InChI=1S/C14H22N2O3/c1-5-16(3)14(17)9-19-12-7-6-11(10(2)15)8-13(12)18-4/h6-8,10H,5,9,15H2,1-4H3. The van der Waals surface area contributed by atoms with Crippen LogP contribution in [0.2, 0.25) is 0 Å². The Bertz CT molecular complexity index is 433. The number of methoxy groups -OCH3 is 1. The van der Waals surface area contributed by atoms with Gasteiger partial charge < -0.3 is 20.1 Å². The fourth-order valence-corrected chi connectivity index (χ4v) is 1.51. The highest BCUT2D eigenvalue weighted by Gasteiger charge is 2.11. The van der Waals surface area contributed by atoms with Crippen LogP contribution in [-0.2, 0) is 4.79 Å². The average Bonchev–Trinajstić information content (AvgIpc) is 2.43. The molecule has 0 radical (unpaired) electrons. The summed E-state index contributed by atoms with van der Waals surface area (Å²) in [6, 6.07) is 5.40. The molecule has 106 valence electrons. The van der Waals surface area contributed by atoms with E-state index in [1.165, 1.54) is 0 Å². The van der Waals surface area contributed by atoms with Crippen molar-refractivity contribution >= 4 is 5.91 Å². The van der Waals surface area contributed by atoms with Gasteiger partial charge in [0, 0.05) is 19.6 Å². The summed E-state index contributed by atoms with van der Waals surface area (Å²) in [5.74, 6) is 1.06. The maximum atomic E-state index is 11.7. The van der Waals surface area contributed by atoms with Crippen LogP contribution in [0.3, 0.4) is 0 Å². The number of nitrogens with zero attached hydrogens (tertiary/aromatic N) is 1. The summed E-state index contributed by atoms with van der Waals surface area (Å²) in [6.07, 6.45) is 0. The number of rotatable bonds is 6. The summed E-state index contributed by atoms with van der Waals surface area (Å²) in [5.41, 5.74) is 6.77. The van der Waals surface area contributed by atoms with E-state index in [0.29, 0.717) is 18.0 Å². The number of hydrogen-bond donors (Lipinski definition) is 1. The van der Waals surface area contributed by atoms with Crippen molar-refractivity contribution in [3.8, 4) is 11.5 Å². The first-order chi connectivity index (χ1) is 8.99. The lowest BCUT2D eigenvalue weighted by Crippen LogP contribution is -2.31. The Kier molecular flexibility index (Phi) is 5.63. The third-order valence-corrected chi connectivity index (χ3v) is 2.96. The largest absolute Gasteiger partial charge is 0.493 e. The van der Waals surface area contributed by atoms with Gasteiger partial charge in [-0.3, -0.25) is 4.79 Å². The minimum absolute atomic E-state index is 0.00176. The molecule has 1 atom stereocenters. The number of benzene rings is 1. The second-order valence-corrected chi connectivity index (χ2v) is 4.40. The van der Waals surface area contributed by atoms with Gasteiger partial charge in [0.25, 0.3) is 5.91 Å². The van der Waals surface area contributed by atoms with Gasteiger partial charge in [0.15, 0.2) is 18.1 Å². The number of carbonyl (C=O) groups is 1. The first-order valence-electron chi connectivity index (χ1n) is 6.29. The van der Waals surface area contributed by atoms with Gasteiger partial charge in [-0.05, 0) is 31.5 Å². The zero-order chi connectivity index (χ0) is 14.4. The maximum absolute atomic E-state index is 11.7. The fourth-order valence-electron chi connectivity index (χ4n) is 1.51. The number of ether oxygens (including phenoxy) is 2. The van der Waals surface area contributed by atoms with Crippen molar-refractivity contribution in [2.45, 2.75) is 19.9 Å². The first-order valence-corrected chi connectivity index (χ1v) is 6.29. The van der Waals surface area contributed by atoms with Crippen LogP contribution in [0, 0.1) is 0 Å². The molecule has 0 aromatic heterocycles. The van der Waals surface area contributed by atoms with Gasteiger partial charge in [0.2, 0.25) is 0 Å². The van der Waals surface area contributed by atoms with Crippen LogP contribution in [0.1, 0.15) is 25.5 Å². The Morgan fingerprint density at radius 1 is 1.42 bits per heavy atom. The molecule has 2 N–H and O–H groups in total. The van der Waals surface area contributed by atoms with E-state index in [2.05, 4.69) is 0 Å². The molecule has 0 aliphatic rings. The van der Waals surface area contributed by atoms with Crippen LogP contribution >= 0.6 is 0 Å². The zero-order valence-electron chi connectivity index (χ0n) is 12.0. The first kappa shape index (κ1) is 15.3. The van der Waals surface area contributed by atoms with E-state index >= 15 is 0 Å². The van der Waals surface area contributed by atoms with Crippen molar-refractivity contribution < 1.29 is 14.3 Å². The predicted octanol–water partition coefficient (Wildman–Crippen LogP) is 1.57. The highest BCUT2D eigenvalue weighted by atomic mass is 16.5. The van der Waals surface area contributed by atoms with Crippen molar-refractivity contribution in [3.05, 3.63) is 23.8 Å². The van der Waals surface area contributed by atoms with Crippen LogP contribution in [0.25, 0.3) is 0 Å². The van der Waals surface area contributed by atoms with Crippen LogP contribution in [0.15, 0.2) is 18.2 Å². The molecule has 0 bridgehead atoms. The zero-order valence-corrected chi connectivity index (χ0v) is 12.0. The van der Waals surface area contributed by atoms with E-state index in [1.807, 2.05) is 26.0 Å². The minimum atomic E-state index is -0.0733. The van der Waals surface area contributed by atoms with E-state index in [9.17, 15) is 4.79 Å². The molecule has 1 aromatic rings. The smallest absolute Gasteiger partial charge is 0.260 e. The van der Waals surface area contributed by atoms with Crippen LogP contribution in [0.4, 0.5) is 0 Å². The quantitative estimate of drug-likeness (QED) is 0.849. The average molecular weight is 266 g/mol. The van der Waals surface area contributed by atoms with Gasteiger partial charge >= 0.3 is 0 Å². The second-order valence-electron chi connectivity index (χ2n) is 4.40. The molecule has 0 aliphatic heterocycles. The van der Waals surface area contributed by atoms with E-state index in [1.54, 1.807) is 25.1 Å². The second kappa shape index (κ2) is 6.99. The van der Waals surface area contributed by atoms with Gasteiger partial charge in [0.1, 0.15) is 0 Å². The van der Waals surface area contributed by atoms with Crippen molar-refractivity contribution in [2.24, 2.45) is 5.73 Å². The van der Waals surface area contributed by atoms with Gasteiger partial charge in [-0.2, -0.15) is 0 Å². The fraction of sp³-hybridized carbons (Fsp3) is 0.500. The summed E-state index contributed by atoms with van der Waals surface area (Å²) in [4.78, 5) is 13.3. The third kappa shape index (κ3) is 4.13. The molecular formula is C14H22N2O3. The van der Waals surface area contributed by atoms with E-state index in [4.69, 9.17) is 15.2 Å². The SMILES string of the molecule is CCN(C)C(=O)COc1ccc(C(C)N)cc1OC. The molecule has 1 rings (SSSR count). The molecule has 0 aliphatic carbocycles. The number of carbonyl (C=O) groups excluding carboxylic acids is 1. The van der Waals surface area contributed by atoms with Crippen molar-refractivity contribution in [1.29, 1.82) is 0 Å². The van der Waals surface area contributed by atoms with E-state index in [-0.39, 0.29) is 18.6 Å². The Balaban J connectivity index is 2.76. The molecule has 0 heterocycles. The third-order valence-electron chi connectivity index (χ3n) is 2.96. The normalized spacial score (nSPS) is 11.8. The lowest BCUT2D eigenvalue weighted by Gasteiger charge is -2.16. The molecule has 1 amide bonds. The van der Waals surface area contributed by atoms with Gasteiger partial charge in [-0.25, -0.2) is 0 Å². The van der Waals surface area contributed by atoms with Gasteiger partial charge in [-0.15, -0.1) is 0 Å². The Morgan fingerprint density at radius 3 is 2.63 bits per heavy atom. The summed E-state index contributed by atoms with van der Waals surface area (Å²) in [6.45, 7) is 4.46. The number of hydrogen-bond acceptors (Lipinski definition) is 4. The monoisotopic (exact) mass is 266 g/mol. The van der Waals surface area contributed by atoms with Crippen LogP contribution < -0.4 is 15.2 Å². The number of likely N-dealkylation sites (N-methyl/N-ethyl adjacent to an activating group) is 1. The Morgan fingerprint density at radius 2 is 2.11 bits per heavy atom. The number of amides is 1. The van der Waals surface area contributed by atoms with Crippen molar-refractivity contribution in [1.82, 2.24) is 4.90 Å². The number of nitrogens with two attached hydrogens (primary N) is 1. The molecule has 0 saturated heterocycles. The van der Waals surface area contributed by atoms with Crippen molar-refractivity contribution in [2.75, 3.05) is 27.3 Å². The van der Waals surface area contributed by atoms with Gasteiger partial charge in [-0.1, -0.05) is 6.07 Å². The minimum Gasteiger partial charge on any atom is -0.493 e. The predicted molar refractivity (Wildman–Crippen MR) is 74.4 cm³/mol. The molecule has 1 unspecified atom stereocenters. The Hall–Kier alpha value is -1.75. The van der Waals surface area contributed by atoms with Crippen LogP contribution in [0.5, 0.6) is 11.5 Å². The van der Waals surface area contributed by atoms with Gasteiger partial charge in [0.05, 0.1) is 7.11 Å². The van der Waals surface area contributed by atoms with Crippen molar-refractivity contribution in [3.63, 3.8) is 0 Å². The Labute approximate surface area is 114 Å². The lowest BCUT2D eigenvalue weighted by molar-refractivity contribution is -0.131. The molecule has 1 aromatic carbocycles. The molecule has 0 saturated carbocycles.